The first-order chi connectivity index (χ1) is 12.1. The van der Waals surface area contributed by atoms with Crippen LogP contribution in [0.4, 0.5) is 5.69 Å². The van der Waals surface area contributed by atoms with Crippen molar-refractivity contribution >= 4 is 17.7 Å². The van der Waals surface area contributed by atoms with E-state index in [9.17, 15) is 14.9 Å². The van der Waals surface area contributed by atoms with Gasteiger partial charge in [-0.05, 0) is 30.5 Å². The summed E-state index contributed by atoms with van der Waals surface area (Å²) in [6, 6.07) is 7.50. The minimum absolute atomic E-state index is 0.114. The van der Waals surface area contributed by atoms with Crippen molar-refractivity contribution in [1.82, 2.24) is 9.80 Å². The van der Waals surface area contributed by atoms with Crippen LogP contribution < -0.4 is 0 Å². The lowest BCUT2D eigenvalue weighted by molar-refractivity contribution is -0.384. The Morgan fingerprint density at radius 3 is 2.44 bits per heavy atom. The number of fused-ring (bicyclic) bond motifs is 2. The van der Waals surface area contributed by atoms with Gasteiger partial charge in [-0.15, -0.1) is 0 Å². The van der Waals surface area contributed by atoms with E-state index in [-0.39, 0.29) is 16.5 Å². The summed E-state index contributed by atoms with van der Waals surface area (Å²) < 4.78 is 0. The number of amides is 1. The number of likely N-dealkylation sites (tertiary alicyclic amines) is 1. The van der Waals surface area contributed by atoms with Crippen LogP contribution in [-0.2, 0) is 4.79 Å². The van der Waals surface area contributed by atoms with Crippen molar-refractivity contribution in [3.8, 4) is 0 Å². The van der Waals surface area contributed by atoms with E-state index in [4.69, 9.17) is 0 Å². The molecule has 0 spiro atoms. The minimum Gasteiger partial charge on any atom is -0.340 e. The SMILES string of the molecule is CCC(=O)N1CC2CCCC(C1)N2C/C=C/c1ccc([N+](=O)[O-])cc1. The van der Waals surface area contributed by atoms with Gasteiger partial charge in [0.05, 0.1) is 4.92 Å². The van der Waals surface area contributed by atoms with Crippen LogP contribution >= 0.6 is 0 Å². The number of non-ortho nitro benzene ring substituents is 1. The lowest BCUT2D eigenvalue weighted by atomic mass is 9.91. The number of piperazine rings is 1. The maximum absolute atomic E-state index is 12.0. The Morgan fingerprint density at radius 1 is 1.24 bits per heavy atom. The Morgan fingerprint density at radius 2 is 1.88 bits per heavy atom. The summed E-state index contributed by atoms with van der Waals surface area (Å²) in [6.45, 7) is 4.47. The average Bonchev–Trinajstić information content (AvgIpc) is 2.61. The molecule has 2 heterocycles. The van der Waals surface area contributed by atoms with Crippen molar-refractivity contribution < 1.29 is 9.72 Å². The fourth-order valence-corrected chi connectivity index (χ4v) is 3.94. The highest BCUT2D eigenvalue weighted by molar-refractivity contribution is 5.76. The van der Waals surface area contributed by atoms with Crippen LogP contribution in [0, 0.1) is 10.1 Å². The van der Waals surface area contributed by atoms with E-state index >= 15 is 0 Å². The van der Waals surface area contributed by atoms with Crippen molar-refractivity contribution in [2.45, 2.75) is 44.7 Å². The molecule has 0 N–H and O–H groups in total. The summed E-state index contributed by atoms with van der Waals surface area (Å²) in [5.74, 6) is 0.262. The number of benzene rings is 1. The largest absolute Gasteiger partial charge is 0.340 e. The van der Waals surface area contributed by atoms with Gasteiger partial charge < -0.3 is 4.90 Å². The second kappa shape index (κ2) is 7.78. The molecule has 3 rings (SSSR count). The fraction of sp³-hybridized carbons (Fsp3) is 0.526. The predicted octanol–water partition coefficient (Wildman–Crippen LogP) is 3.08. The van der Waals surface area contributed by atoms with E-state index in [1.807, 2.05) is 17.9 Å². The monoisotopic (exact) mass is 343 g/mol. The third-order valence-corrected chi connectivity index (χ3v) is 5.26. The van der Waals surface area contributed by atoms with Gasteiger partial charge >= 0.3 is 0 Å². The molecule has 2 fully saturated rings. The van der Waals surface area contributed by atoms with E-state index in [1.165, 1.54) is 18.6 Å². The molecular formula is C19H25N3O3. The summed E-state index contributed by atoms with van der Waals surface area (Å²) in [4.78, 5) is 26.9. The van der Waals surface area contributed by atoms with Gasteiger partial charge in [0.15, 0.2) is 0 Å². The first-order valence-electron chi connectivity index (χ1n) is 9.03. The highest BCUT2D eigenvalue weighted by atomic mass is 16.6. The minimum atomic E-state index is -0.383. The topological polar surface area (TPSA) is 66.7 Å². The van der Waals surface area contributed by atoms with Crippen LogP contribution in [0.1, 0.15) is 38.2 Å². The molecule has 2 bridgehead atoms. The second-order valence-corrected chi connectivity index (χ2v) is 6.84. The molecule has 6 heteroatoms. The molecular weight excluding hydrogens is 318 g/mol. The Balaban J connectivity index is 1.61. The molecule has 0 radical (unpaired) electrons. The van der Waals surface area contributed by atoms with Crippen molar-refractivity contribution in [3.05, 3.63) is 46.0 Å². The van der Waals surface area contributed by atoms with E-state index in [0.29, 0.717) is 18.5 Å². The molecule has 2 aliphatic heterocycles. The summed E-state index contributed by atoms with van der Waals surface area (Å²) in [7, 11) is 0. The number of carbonyl (C=O) groups excluding carboxylic acids is 1. The van der Waals surface area contributed by atoms with Crippen molar-refractivity contribution in [2.24, 2.45) is 0 Å². The zero-order valence-electron chi connectivity index (χ0n) is 14.6. The predicted molar refractivity (Wildman–Crippen MR) is 97.1 cm³/mol. The standard InChI is InChI=1S/C19H25N3O3/c1-2-19(23)20-13-17-6-3-7-18(14-20)21(17)12-4-5-15-8-10-16(11-9-15)22(24)25/h4-5,8-11,17-18H,2-3,6-7,12-14H2,1H3/b5-4+. The molecule has 1 aromatic carbocycles. The van der Waals surface area contributed by atoms with Gasteiger partial charge in [-0.1, -0.05) is 25.5 Å². The number of nitrogens with zero attached hydrogens (tertiary/aromatic N) is 3. The highest BCUT2D eigenvalue weighted by Gasteiger charge is 2.37. The third-order valence-electron chi connectivity index (χ3n) is 5.26. The zero-order valence-corrected chi connectivity index (χ0v) is 14.6. The molecule has 6 nitrogen and oxygen atoms in total. The van der Waals surface area contributed by atoms with E-state index < -0.39 is 0 Å². The molecule has 0 aromatic heterocycles. The van der Waals surface area contributed by atoms with Crippen molar-refractivity contribution in [3.63, 3.8) is 0 Å². The van der Waals surface area contributed by atoms with Gasteiger partial charge in [-0.3, -0.25) is 19.8 Å². The molecule has 2 aliphatic rings. The Hall–Kier alpha value is -2.21. The second-order valence-electron chi connectivity index (χ2n) is 6.84. The first-order valence-corrected chi connectivity index (χ1v) is 9.03. The Kier molecular flexibility index (Phi) is 5.48. The zero-order chi connectivity index (χ0) is 17.8. The van der Waals surface area contributed by atoms with Crippen LogP contribution in [-0.4, -0.2) is 52.3 Å². The number of nitro benzene ring substituents is 1. The number of hydrogen-bond acceptors (Lipinski definition) is 4. The summed E-state index contributed by atoms with van der Waals surface area (Å²) >= 11 is 0. The van der Waals surface area contributed by atoms with Gasteiger partial charge in [0, 0.05) is 50.3 Å². The van der Waals surface area contributed by atoms with Gasteiger partial charge in [0.1, 0.15) is 0 Å². The van der Waals surface area contributed by atoms with Gasteiger partial charge in [-0.2, -0.15) is 0 Å². The molecule has 1 aromatic rings. The average molecular weight is 343 g/mol. The first kappa shape index (κ1) is 17.6. The number of hydrogen-bond donors (Lipinski definition) is 0. The van der Waals surface area contributed by atoms with Crippen LogP contribution in [0.3, 0.4) is 0 Å². The normalized spacial score (nSPS) is 23.8. The van der Waals surface area contributed by atoms with Crippen molar-refractivity contribution in [1.29, 1.82) is 0 Å². The van der Waals surface area contributed by atoms with Gasteiger partial charge in [0.25, 0.3) is 5.69 Å². The molecule has 2 unspecified atom stereocenters. The summed E-state index contributed by atoms with van der Waals surface area (Å²) in [5, 5.41) is 10.7. The summed E-state index contributed by atoms with van der Waals surface area (Å²) in [6.07, 6.45) is 8.27. The number of carbonyl (C=O) groups is 1. The smallest absolute Gasteiger partial charge is 0.269 e. The Bertz CT molecular complexity index is 642. The van der Waals surface area contributed by atoms with Crippen LogP contribution in [0.5, 0.6) is 0 Å². The third kappa shape index (κ3) is 4.07. The maximum Gasteiger partial charge on any atom is 0.269 e. The van der Waals surface area contributed by atoms with Crippen LogP contribution in [0.2, 0.25) is 0 Å². The Labute approximate surface area is 148 Å². The van der Waals surface area contributed by atoms with E-state index in [1.54, 1.807) is 12.1 Å². The highest BCUT2D eigenvalue weighted by Crippen LogP contribution is 2.29. The number of rotatable bonds is 5. The van der Waals surface area contributed by atoms with E-state index in [0.717, 1.165) is 38.0 Å². The lowest BCUT2D eigenvalue weighted by Gasteiger charge is -2.50. The summed E-state index contributed by atoms with van der Waals surface area (Å²) in [5.41, 5.74) is 1.08. The fourth-order valence-electron chi connectivity index (χ4n) is 3.94. The van der Waals surface area contributed by atoms with Crippen molar-refractivity contribution in [2.75, 3.05) is 19.6 Å². The molecule has 25 heavy (non-hydrogen) atoms. The quantitative estimate of drug-likeness (QED) is 0.609. The molecule has 0 saturated carbocycles. The van der Waals surface area contributed by atoms with Gasteiger partial charge in [0.2, 0.25) is 5.91 Å². The van der Waals surface area contributed by atoms with Crippen LogP contribution in [0.25, 0.3) is 6.08 Å². The molecule has 2 atom stereocenters. The molecule has 2 saturated heterocycles. The lowest BCUT2D eigenvalue weighted by Crippen LogP contribution is -2.61. The molecule has 1 amide bonds. The van der Waals surface area contributed by atoms with Crippen LogP contribution in [0.15, 0.2) is 30.3 Å². The molecule has 134 valence electrons. The molecule has 0 aliphatic carbocycles. The van der Waals surface area contributed by atoms with E-state index in [2.05, 4.69) is 11.0 Å². The number of nitro groups is 1. The van der Waals surface area contributed by atoms with Gasteiger partial charge in [-0.25, -0.2) is 0 Å². The number of piperidine rings is 1. The maximum atomic E-state index is 12.0.